The highest BCUT2D eigenvalue weighted by atomic mass is 32.2. The minimum Gasteiger partial charge on any atom is -0.300 e. The van der Waals surface area contributed by atoms with Gasteiger partial charge < -0.3 is 0 Å². The summed E-state index contributed by atoms with van der Waals surface area (Å²) in [5.41, 5.74) is 0.0325. The molecule has 108 valence electrons. The molecule has 0 aromatic carbocycles. The SMILES string of the molecule is CCCc1nc(SCc2cc(=O)n(C)c(=O)n2C)n[nH]1. The molecule has 0 aliphatic rings. The van der Waals surface area contributed by atoms with Crippen molar-refractivity contribution in [2.75, 3.05) is 0 Å². The van der Waals surface area contributed by atoms with Crippen molar-refractivity contribution >= 4 is 11.8 Å². The highest BCUT2D eigenvalue weighted by Crippen LogP contribution is 2.17. The van der Waals surface area contributed by atoms with Crippen molar-refractivity contribution in [3.63, 3.8) is 0 Å². The number of aryl methyl sites for hydroxylation is 1. The summed E-state index contributed by atoms with van der Waals surface area (Å²) in [6.07, 6.45) is 1.86. The van der Waals surface area contributed by atoms with E-state index in [0.29, 0.717) is 16.6 Å². The molecule has 2 heterocycles. The molecule has 7 nitrogen and oxygen atoms in total. The average Bonchev–Trinajstić information content (AvgIpc) is 2.87. The normalized spacial score (nSPS) is 10.9. The molecule has 0 bridgehead atoms. The van der Waals surface area contributed by atoms with Crippen LogP contribution in [0.15, 0.2) is 20.8 Å². The predicted molar refractivity (Wildman–Crippen MR) is 76.9 cm³/mol. The number of thioether (sulfide) groups is 1. The smallest absolute Gasteiger partial charge is 0.300 e. The van der Waals surface area contributed by atoms with Crippen LogP contribution in [-0.4, -0.2) is 24.3 Å². The van der Waals surface area contributed by atoms with Crippen molar-refractivity contribution in [2.24, 2.45) is 14.1 Å². The van der Waals surface area contributed by atoms with E-state index in [9.17, 15) is 9.59 Å². The third kappa shape index (κ3) is 3.01. The first-order chi connectivity index (χ1) is 9.52. The van der Waals surface area contributed by atoms with Crippen molar-refractivity contribution in [3.05, 3.63) is 38.4 Å². The molecule has 0 saturated carbocycles. The highest BCUT2D eigenvalue weighted by molar-refractivity contribution is 7.98. The molecule has 0 atom stereocenters. The zero-order valence-corrected chi connectivity index (χ0v) is 12.5. The van der Waals surface area contributed by atoms with Gasteiger partial charge in [0.2, 0.25) is 5.16 Å². The van der Waals surface area contributed by atoms with Crippen molar-refractivity contribution in [1.82, 2.24) is 24.3 Å². The number of nitrogens with zero attached hydrogens (tertiary/aromatic N) is 4. The highest BCUT2D eigenvalue weighted by Gasteiger charge is 2.08. The summed E-state index contributed by atoms with van der Waals surface area (Å²) in [5, 5.41) is 7.60. The molecule has 0 unspecified atom stereocenters. The Morgan fingerprint density at radius 1 is 1.30 bits per heavy atom. The van der Waals surface area contributed by atoms with E-state index in [2.05, 4.69) is 22.1 Å². The summed E-state index contributed by atoms with van der Waals surface area (Å²) in [6.45, 7) is 2.07. The van der Waals surface area contributed by atoms with E-state index >= 15 is 0 Å². The number of hydrogen-bond donors (Lipinski definition) is 1. The van der Waals surface area contributed by atoms with Crippen molar-refractivity contribution in [2.45, 2.75) is 30.7 Å². The molecular weight excluding hydrogens is 278 g/mol. The second-order valence-corrected chi connectivity index (χ2v) is 5.42. The molecule has 2 aromatic heterocycles. The van der Waals surface area contributed by atoms with Gasteiger partial charge in [0, 0.05) is 38.0 Å². The molecule has 0 spiro atoms. The quantitative estimate of drug-likeness (QED) is 0.809. The lowest BCUT2D eigenvalue weighted by atomic mass is 10.3. The zero-order valence-electron chi connectivity index (χ0n) is 11.7. The van der Waals surface area contributed by atoms with E-state index in [1.54, 1.807) is 7.05 Å². The van der Waals surface area contributed by atoms with E-state index in [1.807, 2.05) is 0 Å². The van der Waals surface area contributed by atoms with Crippen LogP contribution in [0.1, 0.15) is 24.9 Å². The Morgan fingerprint density at radius 3 is 2.75 bits per heavy atom. The van der Waals surface area contributed by atoms with E-state index in [1.165, 1.54) is 29.4 Å². The largest absolute Gasteiger partial charge is 0.330 e. The van der Waals surface area contributed by atoms with Crippen LogP contribution < -0.4 is 11.2 Å². The summed E-state index contributed by atoms with van der Waals surface area (Å²) >= 11 is 1.40. The first-order valence-corrected chi connectivity index (χ1v) is 7.31. The first kappa shape index (κ1) is 14.6. The summed E-state index contributed by atoms with van der Waals surface area (Å²) < 4.78 is 2.55. The number of nitrogens with one attached hydrogen (secondary N) is 1. The number of aromatic amines is 1. The second-order valence-electron chi connectivity index (χ2n) is 4.48. The Balaban J connectivity index is 2.14. The van der Waals surface area contributed by atoms with Gasteiger partial charge in [0.15, 0.2) is 0 Å². The fourth-order valence-corrected chi connectivity index (χ4v) is 2.59. The summed E-state index contributed by atoms with van der Waals surface area (Å²) in [6, 6.07) is 1.47. The van der Waals surface area contributed by atoms with Gasteiger partial charge in [0.05, 0.1) is 0 Å². The summed E-state index contributed by atoms with van der Waals surface area (Å²) in [7, 11) is 3.12. The molecule has 0 amide bonds. The van der Waals surface area contributed by atoms with Crippen LogP contribution in [0.4, 0.5) is 0 Å². The van der Waals surface area contributed by atoms with Crippen LogP contribution >= 0.6 is 11.8 Å². The molecule has 0 radical (unpaired) electrons. The lowest BCUT2D eigenvalue weighted by Crippen LogP contribution is -2.37. The van der Waals surface area contributed by atoms with Gasteiger partial charge >= 0.3 is 5.69 Å². The minimum atomic E-state index is -0.324. The van der Waals surface area contributed by atoms with Gasteiger partial charge in [0.1, 0.15) is 5.82 Å². The molecule has 20 heavy (non-hydrogen) atoms. The number of H-pyrrole nitrogens is 1. The molecule has 0 aliphatic heterocycles. The third-order valence-electron chi connectivity index (χ3n) is 2.97. The maximum atomic E-state index is 11.8. The maximum Gasteiger partial charge on any atom is 0.330 e. The van der Waals surface area contributed by atoms with Gasteiger partial charge in [-0.15, -0.1) is 5.10 Å². The Labute approximate surface area is 120 Å². The Kier molecular flexibility index (Phi) is 4.43. The number of hydrogen-bond acceptors (Lipinski definition) is 5. The fourth-order valence-electron chi connectivity index (χ4n) is 1.75. The van der Waals surface area contributed by atoms with Crippen LogP contribution in [0, 0.1) is 0 Å². The van der Waals surface area contributed by atoms with Crippen molar-refractivity contribution < 1.29 is 0 Å². The van der Waals surface area contributed by atoms with Gasteiger partial charge in [-0.05, 0) is 6.42 Å². The van der Waals surface area contributed by atoms with Crippen molar-refractivity contribution in [3.8, 4) is 0 Å². The van der Waals surface area contributed by atoms with Crippen molar-refractivity contribution in [1.29, 1.82) is 0 Å². The van der Waals surface area contributed by atoms with Crippen LogP contribution in [0.25, 0.3) is 0 Å². The minimum absolute atomic E-state index is 0.301. The second kappa shape index (κ2) is 6.08. The molecule has 0 fully saturated rings. The van der Waals surface area contributed by atoms with Crippen LogP contribution in [-0.2, 0) is 26.3 Å². The van der Waals surface area contributed by atoms with Gasteiger partial charge in [-0.3, -0.25) is 19.0 Å². The summed E-state index contributed by atoms with van der Waals surface area (Å²) in [4.78, 5) is 27.7. The Morgan fingerprint density at radius 2 is 2.05 bits per heavy atom. The maximum absolute atomic E-state index is 11.8. The lowest BCUT2D eigenvalue weighted by molar-refractivity contribution is 0.665. The third-order valence-corrected chi connectivity index (χ3v) is 3.85. The summed E-state index contributed by atoms with van der Waals surface area (Å²) in [5.74, 6) is 1.33. The van der Waals surface area contributed by atoms with E-state index < -0.39 is 0 Å². The van der Waals surface area contributed by atoms with E-state index in [-0.39, 0.29) is 11.2 Å². The Hall–Kier alpha value is -1.83. The van der Waals surface area contributed by atoms with Gasteiger partial charge in [-0.25, -0.2) is 9.78 Å². The van der Waals surface area contributed by atoms with Crippen LogP contribution in [0.2, 0.25) is 0 Å². The predicted octanol–water partition coefficient (Wildman–Crippen LogP) is 0.447. The van der Waals surface area contributed by atoms with Gasteiger partial charge in [-0.1, -0.05) is 18.7 Å². The van der Waals surface area contributed by atoms with Crippen LogP contribution in [0.3, 0.4) is 0 Å². The molecular formula is C12H17N5O2S. The lowest BCUT2D eigenvalue weighted by Gasteiger charge is -2.07. The zero-order chi connectivity index (χ0) is 14.7. The average molecular weight is 295 g/mol. The van der Waals surface area contributed by atoms with Gasteiger partial charge in [-0.2, -0.15) is 0 Å². The van der Waals surface area contributed by atoms with Gasteiger partial charge in [0.25, 0.3) is 5.56 Å². The number of aromatic nitrogens is 5. The molecule has 1 N–H and O–H groups in total. The molecule has 2 rings (SSSR count). The standard InChI is InChI=1S/C12H17N5O2S/c1-4-5-9-13-11(15-14-9)20-7-8-6-10(18)17(3)12(19)16(8)2/h6H,4-5,7H2,1-3H3,(H,13,14,15). The topological polar surface area (TPSA) is 85.6 Å². The fraction of sp³-hybridized carbons (Fsp3) is 0.500. The molecule has 2 aromatic rings. The number of rotatable bonds is 5. The molecule has 0 aliphatic carbocycles. The Bertz CT molecular complexity index is 715. The molecule has 0 saturated heterocycles. The first-order valence-electron chi connectivity index (χ1n) is 6.33. The van der Waals surface area contributed by atoms with E-state index in [0.717, 1.165) is 23.2 Å². The van der Waals surface area contributed by atoms with Crippen LogP contribution in [0.5, 0.6) is 0 Å². The monoisotopic (exact) mass is 295 g/mol. The van der Waals surface area contributed by atoms with E-state index in [4.69, 9.17) is 0 Å². The molecule has 8 heteroatoms.